The van der Waals surface area contributed by atoms with E-state index in [4.69, 9.17) is 0 Å². The molecule has 0 aliphatic rings. The van der Waals surface area contributed by atoms with Crippen LogP contribution in [0.25, 0.3) is 0 Å². The predicted molar refractivity (Wildman–Crippen MR) is 49.3 cm³/mol. The average molecular weight is 210 g/mol. The van der Waals surface area contributed by atoms with Crippen LogP contribution >= 0.6 is 0 Å². The minimum absolute atomic E-state index is 0.182. The summed E-state index contributed by atoms with van der Waals surface area (Å²) in [6.07, 6.45) is -0.528. The Kier molecular flexibility index (Phi) is 3.79. The number of carbonyl (C=O) groups excluding carboxylic acids is 2. The van der Waals surface area contributed by atoms with Gasteiger partial charge in [0.1, 0.15) is 5.82 Å². The third-order valence-electron chi connectivity index (χ3n) is 1.66. The highest BCUT2D eigenvalue weighted by atomic mass is 19.1. The topological polar surface area (TPSA) is 69.2 Å². The molecule has 0 radical (unpaired) electrons. The first kappa shape index (κ1) is 11.2. The van der Waals surface area contributed by atoms with Gasteiger partial charge in [-0.3, -0.25) is 4.79 Å². The molecular formula is C10H9FNO3-. The smallest absolute Gasteiger partial charge is 0.224 e. The van der Waals surface area contributed by atoms with Gasteiger partial charge in [0.25, 0.3) is 0 Å². The third-order valence-corrected chi connectivity index (χ3v) is 1.66. The van der Waals surface area contributed by atoms with Crippen LogP contribution in [0.1, 0.15) is 12.8 Å². The van der Waals surface area contributed by atoms with E-state index in [2.05, 4.69) is 5.32 Å². The number of benzene rings is 1. The molecule has 0 heterocycles. The van der Waals surface area contributed by atoms with Crippen LogP contribution < -0.4 is 10.4 Å². The van der Waals surface area contributed by atoms with E-state index in [-0.39, 0.29) is 12.8 Å². The van der Waals surface area contributed by atoms with Gasteiger partial charge in [-0.25, -0.2) is 4.39 Å². The Labute approximate surface area is 85.7 Å². The van der Waals surface area contributed by atoms with Crippen LogP contribution in [0, 0.1) is 5.82 Å². The van der Waals surface area contributed by atoms with Crippen molar-refractivity contribution in [2.75, 3.05) is 5.32 Å². The van der Waals surface area contributed by atoms with Crippen molar-refractivity contribution in [1.82, 2.24) is 0 Å². The maximum Gasteiger partial charge on any atom is 0.224 e. The number of carbonyl (C=O) groups is 2. The molecule has 0 atom stereocenters. The number of aliphatic carboxylic acids is 1. The summed E-state index contributed by atoms with van der Waals surface area (Å²) in [5.41, 5.74) is 0.304. The number of carboxylic acid groups (broad SMARTS) is 1. The number of carboxylic acids is 1. The maximum absolute atomic E-state index is 12.7. The quantitative estimate of drug-likeness (QED) is 0.776. The molecule has 80 valence electrons. The lowest BCUT2D eigenvalue weighted by Gasteiger charge is -2.05. The van der Waals surface area contributed by atoms with Crippen LogP contribution in [0.3, 0.4) is 0 Å². The summed E-state index contributed by atoms with van der Waals surface area (Å²) >= 11 is 0. The molecule has 5 heteroatoms. The molecule has 0 unspecified atom stereocenters. The minimum Gasteiger partial charge on any atom is -0.550 e. The molecule has 0 spiro atoms. The molecule has 0 aromatic heterocycles. The SMILES string of the molecule is O=C([O-])CCC(=O)Nc1cccc(F)c1. The molecule has 0 fully saturated rings. The third kappa shape index (κ3) is 4.21. The first-order valence-electron chi connectivity index (χ1n) is 4.33. The summed E-state index contributed by atoms with van der Waals surface area (Å²) in [5, 5.41) is 12.4. The van der Waals surface area contributed by atoms with Gasteiger partial charge in [0.05, 0.1) is 0 Å². The number of nitrogens with one attached hydrogen (secondary N) is 1. The van der Waals surface area contributed by atoms with E-state index in [1.165, 1.54) is 18.2 Å². The Morgan fingerprint density at radius 3 is 2.67 bits per heavy atom. The van der Waals surface area contributed by atoms with E-state index >= 15 is 0 Å². The molecule has 1 N–H and O–H groups in total. The van der Waals surface area contributed by atoms with Crippen molar-refractivity contribution in [2.24, 2.45) is 0 Å². The molecule has 15 heavy (non-hydrogen) atoms. The minimum atomic E-state index is -1.29. The zero-order chi connectivity index (χ0) is 11.3. The Morgan fingerprint density at radius 1 is 1.33 bits per heavy atom. The first-order chi connectivity index (χ1) is 7.08. The summed E-state index contributed by atoms with van der Waals surface area (Å²) < 4.78 is 12.7. The molecule has 1 aromatic carbocycles. The van der Waals surface area contributed by atoms with Crippen LogP contribution in [0.4, 0.5) is 10.1 Å². The van der Waals surface area contributed by atoms with Crippen molar-refractivity contribution < 1.29 is 19.1 Å². The van der Waals surface area contributed by atoms with Gasteiger partial charge >= 0.3 is 0 Å². The van der Waals surface area contributed by atoms with Crippen molar-refractivity contribution in [2.45, 2.75) is 12.8 Å². The summed E-state index contributed by atoms with van der Waals surface area (Å²) in [6.45, 7) is 0. The van der Waals surface area contributed by atoms with E-state index in [0.717, 1.165) is 6.07 Å². The zero-order valence-corrected chi connectivity index (χ0v) is 7.83. The average Bonchev–Trinajstić information content (AvgIpc) is 2.15. The molecule has 0 saturated carbocycles. The fourth-order valence-electron chi connectivity index (χ4n) is 1.01. The van der Waals surface area contributed by atoms with Gasteiger partial charge in [0, 0.05) is 18.1 Å². The standard InChI is InChI=1S/C10H10FNO3/c11-7-2-1-3-8(6-7)12-9(13)4-5-10(14)15/h1-3,6H,4-5H2,(H,12,13)(H,14,15)/p-1. The number of rotatable bonds is 4. The van der Waals surface area contributed by atoms with Gasteiger partial charge in [0.15, 0.2) is 0 Å². The zero-order valence-electron chi connectivity index (χ0n) is 7.83. The van der Waals surface area contributed by atoms with Gasteiger partial charge in [-0.2, -0.15) is 0 Å². The van der Waals surface area contributed by atoms with E-state index < -0.39 is 17.7 Å². The Hall–Kier alpha value is -1.91. The van der Waals surface area contributed by atoms with Crippen molar-refractivity contribution >= 4 is 17.6 Å². The van der Waals surface area contributed by atoms with Gasteiger partial charge in [-0.1, -0.05) is 6.07 Å². The number of hydrogen-bond donors (Lipinski definition) is 1. The summed E-state index contributed by atoms with van der Waals surface area (Å²) in [7, 11) is 0. The normalized spacial score (nSPS) is 9.67. The molecule has 4 nitrogen and oxygen atoms in total. The van der Waals surface area contributed by atoms with Gasteiger partial charge in [-0.05, 0) is 24.6 Å². The van der Waals surface area contributed by atoms with Crippen molar-refractivity contribution in [3.63, 3.8) is 0 Å². The van der Waals surface area contributed by atoms with E-state index in [1.807, 2.05) is 0 Å². The van der Waals surface area contributed by atoms with Gasteiger partial charge < -0.3 is 15.2 Å². The predicted octanol–water partition coefficient (Wildman–Crippen LogP) is 0.294. The molecule has 0 aliphatic carbocycles. The molecule has 1 rings (SSSR count). The van der Waals surface area contributed by atoms with Crippen LogP contribution in [0.2, 0.25) is 0 Å². The van der Waals surface area contributed by atoms with Gasteiger partial charge in [-0.15, -0.1) is 0 Å². The van der Waals surface area contributed by atoms with Crippen molar-refractivity contribution in [3.8, 4) is 0 Å². The largest absolute Gasteiger partial charge is 0.550 e. The van der Waals surface area contributed by atoms with Crippen LogP contribution in [0.5, 0.6) is 0 Å². The Morgan fingerprint density at radius 2 is 2.07 bits per heavy atom. The second kappa shape index (κ2) is 5.09. The monoisotopic (exact) mass is 210 g/mol. The lowest BCUT2D eigenvalue weighted by Crippen LogP contribution is -2.24. The van der Waals surface area contributed by atoms with Crippen molar-refractivity contribution in [3.05, 3.63) is 30.1 Å². The maximum atomic E-state index is 12.7. The fraction of sp³-hybridized carbons (Fsp3) is 0.200. The second-order valence-electron chi connectivity index (χ2n) is 2.93. The summed E-state index contributed by atoms with van der Waals surface area (Å²) in [4.78, 5) is 21.2. The number of amides is 1. The number of anilines is 1. The van der Waals surface area contributed by atoms with Crippen molar-refractivity contribution in [1.29, 1.82) is 0 Å². The van der Waals surface area contributed by atoms with Crippen LogP contribution in [-0.4, -0.2) is 11.9 Å². The molecule has 0 saturated heterocycles. The summed E-state index contributed by atoms with van der Waals surface area (Å²) in [6, 6.07) is 5.36. The highest BCUT2D eigenvalue weighted by molar-refractivity contribution is 5.92. The molecule has 0 bridgehead atoms. The Balaban J connectivity index is 2.48. The number of hydrogen-bond acceptors (Lipinski definition) is 3. The second-order valence-corrected chi connectivity index (χ2v) is 2.93. The van der Waals surface area contributed by atoms with Crippen LogP contribution in [-0.2, 0) is 9.59 Å². The van der Waals surface area contributed by atoms with E-state index in [1.54, 1.807) is 0 Å². The van der Waals surface area contributed by atoms with E-state index in [0.29, 0.717) is 5.69 Å². The molecule has 1 aromatic rings. The molecule has 1 amide bonds. The lowest BCUT2D eigenvalue weighted by atomic mass is 10.2. The fourth-order valence-corrected chi connectivity index (χ4v) is 1.01. The highest BCUT2D eigenvalue weighted by Crippen LogP contribution is 2.09. The highest BCUT2D eigenvalue weighted by Gasteiger charge is 2.02. The first-order valence-corrected chi connectivity index (χ1v) is 4.33. The van der Waals surface area contributed by atoms with Crippen LogP contribution in [0.15, 0.2) is 24.3 Å². The number of halogens is 1. The lowest BCUT2D eigenvalue weighted by molar-refractivity contribution is -0.305. The van der Waals surface area contributed by atoms with Gasteiger partial charge in [0.2, 0.25) is 5.91 Å². The summed E-state index contributed by atoms with van der Waals surface area (Å²) in [5.74, 6) is -2.23. The Bertz CT molecular complexity index is 379. The van der Waals surface area contributed by atoms with E-state index in [9.17, 15) is 19.1 Å². The molecular weight excluding hydrogens is 201 g/mol. The molecule has 0 aliphatic heterocycles.